The van der Waals surface area contributed by atoms with Crippen molar-refractivity contribution in [2.75, 3.05) is 26.3 Å². The van der Waals surface area contributed by atoms with Crippen molar-refractivity contribution in [1.82, 2.24) is 10.2 Å². The molecule has 1 unspecified atom stereocenters. The molecule has 0 bridgehead atoms. The summed E-state index contributed by atoms with van der Waals surface area (Å²) in [6, 6.07) is 0.476. The van der Waals surface area contributed by atoms with Crippen molar-refractivity contribution in [3.63, 3.8) is 0 Å². The standard InChI is InChI=1S/C13H22N2O2/c16-12-9-11-3-1-2-6-15(11)13(10-14-12)4-7-17-8-5-13/h11H,1-10H2,(H,14,16). The van der Waals surface area contributed by atoms with E-state index in [-0.39, 0.29) is 11.4 Å². The van der Waals surface area contributed by atoms with Gasteiger partial charge in [0.15, 0.2) is 0 Å². The molecule has 4 heteroatoms. The highest BCUT2D eigenvalue weighted by Crippen LogP contribution is 2.35. The molecule has 1 atom stereocenters. The molecule has 1 amide bonds. The number of nitrogens with one attached hydrogen (secondary N) is 1. The molecule has 3 saturated heterocycles. The van der Waals surface area contributed by atoms with Crippen LogP contribution in [0.4, 0.5) is 0 Å². The number of fused-ring (bicyclic) bond motifs is 2. The highest BCUT2D eigenvalue weighted by atomic mass is 16.5. The number of nitrogens with zero attached hydrogens (tertiary/aromatic N) is 1. The summed E-state index contributed by atoms with van der Waals surface area (Å²) in [6.45, 7) is 3.68. The summed E-state index contributed by atoms with van der Waals surface area (Å²) in [7, 11) is 0. The van der Waals surface area contributed by atoms with Gasteiger partial charge in [-0.3, -0.25) is 9.69 Å². The fourth-order valence-corrected chi connectivity index (χ4v) is 3.70. The van der Waals surface area contributed by atoms with E-state index in [0.717, 1.165) is 32.6 Å². The highest BCUT2D eigenvalue weighted by molar-refractivity contribution is 5.77. The molecule has 3 heterocycles. The molecule has 0 radical (unpaired) electrons. The Morgan fingerprint density at radius 1 is 1.29 bits per heavy atom. The van der Waals surface area contributed by atoms with E-state index in [2.05, 4.69) is 10.2 Å². The van der Waals surface area contributed by atoms with Crippen LogP contribution in [0.1, 0.15) is 38.5 Å². The fourth-order valence-electron chi connectivity index (χ4n) is 3.70. The summed E-state index contributed by atoms with van der Waals surface area (Å²) in [5.41, 5.74) is 0.190. The number of carbonyl (C=O) groups is 1. The van der Waals surface area contributed by atoms with Crippen LogP contribution in [0.2, 0.25) is 0 Å². The highest BCUT2D eigenvalue weighted by Gasteiger charge is 2.45. The van der Waals surface area contributed by atoms with Crippen LogP contribution in [-0.4, -0.2) is 48.7 Å². The number of amides is 1. The second-order valence-electron chi connectivity index (χ2n) is 5.66. The summed E-state index contributed by atoms with van der Waals surface area (Å²) >= 11 is 0. The van der Waals surface area contributed by atoms with Crippen LogP contribution in [0.5, 0.6) is 0 Å². The van der Waals surface area contributed by atoms with Gasteiger partial charge in [0, 0.05) is 37.8 Å². The van der Waals surface area contributed by atoms with Crippen LogP contribution in [0.3, 0.4) is 0 Å². The van der Waals surface area contributed by atoms with Gasteiger partial charge < -0.3 is 10.1 Å². The van der Waals surface area contributed by atoms with Crippen LogP contribution in [-0.2, 0) is 9.53 Å². The summed E-state index contributed by atoms with van der Waals surface area (Å²) in [5.74, 6) is 0.241. The monoisotopic (exact) mass is 238 g/mol. The Kier molecular flexibility index (Phi) is 3.09. The molecule has 3 aliphatic heterocycles. The van der Waals surface area contributed by atoms with Gasteiger partial charge in [-0.1, -0.05) is 6.42 Å². The van der Waals surface area contributed by atoms with Crippen molar-refractivity contribution in [2.45, 2.75) is 50.1 Å². The number of ether oxygens (including phenoxy) is 1. The molecule has 0 saturated carbocycles. The second-order valence-corrected chi connectivity index (χ2v) is 5.66. The first-order valence-electron chi connectivity index (χ1n) is 6.91. The SMILES string of the molecule is O=C1CC2CCCCN2C2(CCOCC2)CN1. The molecule has 17 heavy (non-hydrogen) atoms. The molecule has 3 fully saturated rings. The summed E-state index contributed by atoms with van der Waals surface area (Å²) in [5, 5.41) is 3.13. The molecule has 3 aliphatic rings. The lowest BCUT2D eigenvalue weighted by Crippen LogP contribution is -2.60. The van der Waals surface area contributed by atoms with E-state index in [1.165, 1.54) is 25.8 Å². The predicted octanol–water partition coefficient (Wildman–Crippen LogP) is 0.910. The van der Waals surface area contributed by atoms with Crippen molar-refractivity contribution < 1.29 is 9.53 Å². The lowest BCUT2D eigenvalue weighted by atomic mass is 9.84. The lowest BCUT2D eigenvalue weighted by molar-refractivity contribution is -0.121. The normalized spacial score (nSPS) is 33.9. The molecular formula is C13H22N2O2. The van der Waals surface area contributed by atoms with Crippen LogP contribution in [0.15, 0.2) is 0 Å². The van der Waals surface area contributed by atoms with Crippen molar-refractivity contribution in [3.8, 4) is 0 Å². The third-order valence-corrected chi connectivity index (χ3v) is 4.70. The number of carbonyl (C=O) groups excluding carboxylic acids is 1. The molecule has 96 valence electrons. The maximum Gasteiger partial charge on any atom is 0.221 e. The summed E-state index contributed by atoms with van der Waals surface area (Å²) < 4.78 is 5.51. The Balaban J connectivity index is 1.86. The van der Waals surface area contributed by atoms with Gasteiger partial charge in [0.2, 0.25) is 5.91 Å². The van der Waals surface area contributed by atoms with Gasteiger partial charge in [-0.15, -0.1) is 0 Å². The van der Waals surface area contributed by atoms with E-state index in [9.17, 15) is 4.79 Å². The number of piperidine rings is 1. The minimum Gasteiger partial charge on any atom is -0.381 e. The maximum absolute atomic E-state index is 11.8. The average Bonchev–Trinajstić information content (AvgIpc) is 2.50. The Morgan fingerprint density at radius 2 is 2.12 bits per heavy atom. The molecule has 4 nitrogen and oxygen atoms in total. The Bertz CT molecular complexity index is 300. The number of hydrogen-bond acceptors (Lipinski definition) is 3. The minimum atomic E-state index is 0.190. The lowest BCUT2D eigenvalue weighted by Gasteiger charge is -2.50. The quantitative estimate of drug-likeness (QED) is 0.682. The third kappa shape index (κ3) is 2.08. The van der Waals surface area contributed by atoms with Crippen LogP contribution in [0, 0.1) is 0 Å². The fraction of sp³-hybridized carbons (Fsp3) is 0.923. The number of rotatable bonds is 0. The van der Waals surface area contributed by atoms with Crippen molar-refractivity contribution in [3.05, 3.63) is 0 Å². The third-order valence-electron chi connectivity index (χ3n) is 4.70. The molecular weight excluding hydrogens is 216 g/mol. The molecule has 0 aromatic heterocycles. The van der Waals surface area contributed by atoms with Crippen LogP contribution in [0.25, 0.3) is 0 Å². The molecule has 0 aromatic carbocycles. The van der Waals surface area contributed by atoms with E-state index in [0.29, 0.717) is 12.5 Å². The van der Waals surface area contributed by atoms with E-state index in [4.69, 9.17) is 4.74 Å². The van der Waals surface area contributed by atoms with Crippen molar-refractivity contribution in [1.29, 1.82) is 0 Å². The van der Waals surface area contributed by atoms with Crippen molar-refractivity contribution >= 4 is 5.91 Å². The zero-order chi connectivity index (χ0) is 11.7. The van der Waals surface area contributed by atoms with Crippen LogP contribution >= 0.6 is 0 Å². The van der Waals surface area contributed by atoms with Crippen LogP contribution < -0.4 is 5.32 Å². The molecule has 3 rings (SSSR count). The van der Waals surface area contributed by atoms with E-state index < -0.39 is 0 Å². The Morgan fingerprint density at radius 3 is 2.94 bits per heavy atom. The number of hydrogen-bond donors (Lipinski definition) is 1. The van der Waals surface area contributed by atoms with Gasteiger partial charge >= 0.3 is 0 Å². The smallest absolute Gasteiger partial charge is 0.221 e. The molecule has 1 N–H and O–H groups in total. The first kappa shape index (κ1) is 11.5. The first-order chi connectivity index (χ1) is 8.30. The van der Waals surface area contributed by atoms with Gasteiger partial charge in [-0.2, -0.15) is 0 Å². The Hall–Kier alpha value is -0.610. The van der Waals surface area contributed by atoms with Gasteiger partial charge in [0.1, 0.15) is 0 Å². The van der Waals surface area contributed by atoms with E-state index in [1.54, 1.807) is 0 Å². The maximum atomic E-state index is 11.8. The predicted molar refractivity (Wildman–Crippen MR) is 64.8 cm³/mol. The van der Waals surface area contributed by atoms with E-state index in [1.807, 2.05) is 0 Å². The summed E-state index contributed by atoms with van der Waals surface area (Å²) in [6.07, 6.45) is 6.60. The summed E-state index contributed by atoms with van der Waals surface area (Å²) in [4.78, 5) is 14.4. The zero-order valence-electron chi connectivity index (χ0n) is 10.4. The largest absolute Gasteiger partial charge is 0.381 e. The second kappa shape index (κ2) is 4.58. The molecule has 0 aromatic rings. The Labute approximate surface area is 103 Å². The topological polar surface area (TPSA) is 41.6 Å². The first-order valence-corrected chi connectivity index (χ1v) is 6.91. The van der Waals surface area contributed by atoms with Gasteiger partial charge in [0.05, 0.1) is 0 Å². The molecule has 1 spiro atoms. The average molecular weight is 238 g/mol. The minimum absolute atomic E-state index is 0.190. The van der Waals surface area contributed by atoms with Gasteiger partial charge in [0.25, 0.3) is 0 Å². The zero-order valence-corrected chi connectivity index (χ0v) is 10.4. The van der Waals surface area contributed by atoms with Crippen molar-refractivity contribution in [2.24, 2.45) is 0 Å². The van der Waals surface area contributed by atoms with Gasteiger partial charge in [-0.05, 0) is 32.2 Å². The van der Waals surface area contributed by atoms with Gasteiger partial charge in [-0.25, -0.2) is 0 Å². The van der Waals surface area contributed by atoms with E-state index >= 15 is 0 Å². The molecule has 0 aliphatic carbocycles.